The number of amides is 1. The van der Waals surface area contributed by atoms with Crippen molar-refractivity contribution in [2.45, 2.75) is 23.8 Å². The number of carbonyl (C=O) groups excluding carboxylic acids is 1. The van der Waals surface area contributed by atoms with Crippen molar-refractivity contribution in [3.05, 3.63) is 24.3 Å². The summed E-state index contributed by atoms with van der Waals surface area (Å²) in [4.78, 5) is 15.0. The van der Waals surface area contributed by atoms with Crippen LogP contribution in [0.2, 0.25) is 0 Å². The van der Waals surface area contributed by atoms with Crippen molar-refractivity contribution in [3.8, 4) is 5.75 Å². The molecule has 1 aliphatic heterocycles. The Balaban J connectivity index is 0.00000200. The second-order valence-electron chi connectivity index (χ2n) is 4.66. The van der Waals surface area contributed by atoms with E-state index in [4.69, 9.17) is 10.5 Å². The van der Waals surface area contributed by atoms with Gasteiger partial charge in [0.15, 0.2) is 0 Å². The normalized spacial score (nSPS) is 17.7. The van der Waals surface area contributed by atoms with Crippen LogP contribution in [0.5, 0.6) is 5.75 Å². The summed E-state index contributed by atoms with van der Waals surface area (Å²) in [5, 5.41) is 0. The number of ether oxygens (including phenoxy) is 1. The van der Waals surface area contributed by atoms with Crippen LogP contribution in [0.3, 0.4) is 0 Å². The van der Waals surface area contributed by atoms with Gasteiger partial charge in [-0.3, -0.25) is 4.79 Å². The van der Waals surface area contributed by atoms with E-state index in [1.54, 1.807) is 18.9 Å². The van der Waals surface area contributed by atoms with Gasteiger partial charge in [0.25, 0.3) is 0 Å². The van der Waals surface area contributed by atoms with E-state index in [0.717, 1.165) is 29.4 Å². The number of benzene rings is 1. The van der Waals surface area contributed by atoms with Crippen LogP contribution in [0.15, 0.2) is 29.2 Å². The number of methoxy groups -OCH3 is 1. The van der Waals surface area contributed by atoms with Gasteiger partial charge in [0.2, 0.25) is 5.91 Å². The molecule has 0 aromatic heterocycles. The van der Waals surface area contributed by atoms with Gasteiger partial charge in [0.1, 0.15) is 5.75 Å². The zero-order valence-electron chi connectivity index (χ0n) is 11.6. The van der Waals surface area contributed by atoms with Gasteiger partial charge in [-0.05, 0) is 30.7 Å². The lowest BCUT2D eigenvalue weighted by Gasteiger charge is -2.15. The maximum Gasteiger partial charge on any atom is 0.223 e. The second kappa shape index (κ2) is 8.39. The lowest BCUT2D eigenvalue weighted by Crippen LogP contribution is -2.31. The fraction of sp³-hybridized carbons (Fsp3) is 0.500. The first-order chi connectivity index (χ1) is 9.19. The number of rotatable bonds is 5. The van der Waals surface area contributed by atoms with Gasteiger partial charge in [-0.25, -0.2) is 0 Å². The Hall–Kier alpha value is -0.910. The summed E-state index contributed by atoms with van der Waals surface area (Å²) in [7, 11) is 1.65. The molecule has 1 aromatic rings. The van der Waals surface area contributed by atoms with Crippen molar-refractivity contribution < 1.29 is 9.53 Å². The molecule has 0 saturated carbocycles. The molecule has 1 fully saturated rings. The first kappa shape index (κ1) is 17.1. The van der Waals surface area contributed by atoms with E-state index in [0.29, 0.717) is 13.0 Å². The van der Waals surface area contributed by atoms with Crippen molar-refractivity contribution in [3.63, 3.8) is 0 Å². The predicted octanol–water partition coefficient (Wildman–Crippen LogP) is 2.16. The Bertz CT molecular complexity index is 428. The number of hydrogen-bond donors (Lipinski definition) is 1. The van der Waals surface area contributed by atoms with Crippen LogP contribution in [0, 0.1) is 0 Å². The summed E-state index contributed by atoms with van der Waals surface area (Å²) in [5.41, 5.74) is 5.80. The predicted molar refractivity (Wildman–Crippen MR) is 84.8 cm³/mol. The smallest absolute Gasteiger partial charge is 0.223 e. The van der Waals surface area contributed by atoms with Crippen LogP contribution in [0.25, 0.3) is 0 Å². The zero-order chi connectivity index (χ0) is 13.7. The zero-order valence-corrected chi connectivity index (χ0v) is 13.2. The van der Waals surface area contributed by atoms with Gasteiger partial charge in [0, 0.05) is 36.2 Å². The molecule has 1 aliphatic rings. The SMILES string of the molecule is COc1ccc(SCCC(=O)N2CC[C@@H](N)C2)cc1.Cl. The lowest BCUT2D eigenvalue weighted by molar-refractivity contribution is -0.129. The topological polar surface area (TPSA) is 55.6 Å². The summed E-state index contributed by atoms with van der Waals surface area (Å²) in [6.07, 6.45) is 1.50. The minimum Gasteiger partial charge on any atom is -0.497 e. The first-order valence-corrected chi connectivity index (χ1v) is 7.48. The third kappa shape index (κ3) is 4.89. The largest absolute Gasteiger partial charge is 0.497 e. The van der Waals surface area contributed by atoms with Gasteiger partial charge < -0.3 is 15.4 Å². The van der Waals surface area contributed by atoms with Gasteiger partial charge >= 0.3 is 0 Å². The molecule has 4 nitrogen and oxygen atoms in total. The molecule has 0 bridgehead atoms. The van der Waals surface area contributed by atoms with Gasteiger partial charge in [-0.2, -0.15) is 0 Å². The fourth-order valence-corrected chi connectivity index (χ4v) is 2.94. The van der Waals surface area contributed by atoms with Crippen molar-refractivity contribution in [2.24, 2.45) is 5.73 Å². The molecule has 1 heterocycles. The first-order valence-electron chi connectivity index (χ1n) is 6.49. The monoisotopic (exact) mass is 316 g/mol. The number of thioether (sulfide) groups is 1. The average Bonchev–Trinajstić information content (AvgIpc) is 2.86. The Morgan fingerprint density at radius 1 is 1.45 bits per heavy atom. The molecule has 0 unspecified atom stereocenters. The van der Waals surface area contributed by atoms with Crippen molar-refractivity contribution in [1.82, 2.24) is 4.90 Å². The molecular weight excluding hydrogens is 296 g/mol. The molecule has 1 amide bonds. The summed E-state index contributed by atoms with van der Waals surface area (Å²) < 4.78 is 5.11. The third-order valence-electron chi connectivity index (χ3n) is 3.22. The van der Waals surface area contributed by atoms with Crippen LogP contribution >= 0.6 is 24.2 Å². The number of halogens is 1. The van der Waals surface area contributed by atoms with E-state index in [1.165, 1.54) is 0 Å². The van der Waals surface area contributed by atoms with Crippen molar-refractivity contribution in [2.75, 3.05) is 26.0 Å². The molecule has 1 saturated heterocycles. The van der Waals surface area contributed by atoms with Gasteiger partial charge in [-0.15, -0.1) is 24.2 Å². The highest BCUT2D eigenvalue weighted by molar-refractivity contribution is 7.99. The summed E-state index contributed by atoms with van der Waals surface area (Å²) >= 11 is 1.69. The van der Waals surface area contributed by atoms with Crippen molar-refractivity contribution in [1.29, 1.82) is 0 Å². The quantitative estimate of drug-likeness (QED) is 0.846. The lowest BCUT2D eigenvalue weighted by atomic mass is 10.3. The van der Waals surface area contributed by atoms with E-state index in [2.05, 4.69) is 0 Å². The summed E-state index contributed by atoms with van der Waals surface area (Å²) in [6.45, 7) is 1.53. The highest BCUT2D eigenvalue weighted by atomic mass is 35.5. The molecule has 2 rings (SSSR count). The Kier molecular flexibility index (Phi) is 7.19. The van der Waals surface area contributed by atoms with E-state index in [9.17, 15) is 4.79 Å². The van der Waals surface area contributed by atoms with Crippen LogP contribution in [-0.4, -0.2) is 42.8 Å². The molecule has 1 aromatic carbocycles. The standard InChI is InChI=1S/C14H20N2O2S.ClH/c1-18-12-2-4-13(5-3-12)19-9-7-14(17)16-8-6-11(15)10-16;/h2-5,11H,6-10,15H2,1H3;1H/t11-;/m1./s1. The molecule has 6 heteroatoms. The maximum absolute atomic E-state index is 11.9. The maximum atomic E-state index is 11.9. The Morgan fingerprint density at radius 2 is 2.15 bits per heavy atom. The molecule has 20 heavy (non-hydrogen) atoms. The highest BCUT2D eigenvalue weighted by Crippen LogP contribution is 2.22. The Morgan fingerprint density at radius 3 is 2.70 bits per heavy atom. The molecule has 112 valence electrons. The number of likely N-dealkylation sites (tertiary alicyclic amines) is 1. The minimum atomic E-state index is 0. The average molecular weight is 317 g/mol. The van der Waals surface area contributed by atoms with Gasteiger partial charge in [0.05, 0.1) is 7.11 Å². The van der Waals surface area contributed by atoms with Crippen LogP contribution < -0.4 is 10.5 Å². The molecule has 2 N–H and O–H groups in total. The summed E-state index contributed by atoms with van der Waals surface area (Å²) in [5.74, 6) is 1.87. The number of nitrogens with two attached hydrogens (primary N) is 1. The number of carbonyl (C=O) groups is 1. The molecule has 0 aliphatic carbocycles. The van der Waals surface area contributed by atoms with Crippen LogP contribution in [0.1, 0.15) is 12.8 Å². The number of hydrogen-bond acceptors (Lipinski definition) is 4. The molecular formula is C14H21ClN2O2S. The molecule has 0 radical (unpaired) electrons. The van der Waals surface area contributed by atoms with E-state index in [-0.39, 0.29) is 24.4 Å². The fourth-order valence-electron chi connectivity index (χ4n) is 2.10. The molecule has 1 atom stereocenters. The minimum absolute atomic E-state index is 0. The molecule has 0 spiro atoms. The van der Waals surface area contributed by atoms with Crippen molar-refractivity contribution >= 4 is 30.1 Å². The number of nitrogens with zero attached hydrogens (tertiary/aromatic N) is 1. The van der Waals surface area contributed by atoms with E-state index >= 15 is 0 Å². The van der Waals surface area contributed by atoms with Crippen LogP contribution in [-0.2, 0) is 4.79 Å². The highest BCUT2D eigenvalue weighted by Gasteiger charge is 2.22. The van der Waals surface area contributed by atoms with Gasteiger partial charge in [-0.1, -0.05) is 0 Å². The van der Waals surface area contributed by atoms with E-state index in [1.807, 2.05) is 29.2 Å². The second-order valence-corrected chi connectivity index (χ2v) is 5.83. The van der Waals surface area contributed by atoms with E-state index < -0.39 is 0 Å². The van der Waals surface area contributed by atoms with Crippen LogP contribution in [0.4, 0.5) is 0 Å². The summed E-state index contributed by atoms with van der Waals surface area (Å²) in [6, 6.07) is 8.06. The third-order valence-corrected chi connectivity index (χ3v) is 4.24. The Labute approximate surface area is 130 Å².